The van der Waals surface area contributed by atoms with Crippen molar-refractivity contribution in [2.75, 3.05) is 12.4 Å². The monoisotopic (exact) mass is 517 g/mol. The number of hydrogen-bond acceptors (Lipinski definition) is 3. The Balaban J connectivity index is 1.48. The van der Waals surface area contributed by atoms with Gasteiger partial charge in [0.25, 0.3) is 0 Å². The van der Waals surface area contributed by atoms with Crippen LogP contribution in [-0.2, 0) is 19.4 Å². The van der Waals surface area contributed by atoms with Crippen LogP contribution in [-0.4, -0.2) is 22.6 Å². The first kappa shape index (κ1) is 23.2. The number of rotatable bonds is 3. The van der Waals surface area contributed by atoms with Crippen LogP contribution in [0, 0.1) is 6.92 Å². The highest BCUT2D eigenvalue weighted by Crippen LogP contribution is 2.44. The molecule has 36 heavy (non-hydrogen) atoms. The van der Waals surface area contributed by atoms with Crippen molar-refractivity contribution in [2.24, 2.45) is 0 Å². The SMILES string of the molecule is COc1ccc(C2c3cccn3-c3sc4c(c3CN2C(=O)Nc2ccc(C)cc2Cl)CCCC4)cc1. The molecule has 4 aromatic rings. The van der Waals surface area contributed by atoms with Gasteiger partial charge in [0.05, 0.1) is 36.1 Å². The van der Waals surface area contributed by atoms with Gasteiger partial charge in [0, 0.05) is 16.6 Å². The van der Waals surface area contributed by atoms with Crippen molar-refractivity contribution in [3.8, 4) is 10.8 Å². The normalized spacial score (nSPS) is 16.5. The van der Waals surface area contributed by atoms with Gasteiger partial charge in [-0.1, -0.05) is 29.8 Å². The maximum atomic E-state index is 14.0. The van der Waals surface area contributed by atoms with E-state index in [1.54, 1.807) is 7.11 Å². The second kappa shape index (κ2) is 9.34. The first-order valence-electron chi connectivity index (χ1n) is 12.3. The topological polar surface area (TPSA) is 46.5 Å². The molecule has 2 aromatic carbocycles. The fraction of sp³-hybridized carbons (Fsp3) is 0.276. The third kappa shape index (κ3) is 3.98. The van der Waals surface area contributed by atoms with Crippen molar-refractivity contribution in [1.29, 1.82) is 0 Å². The van der Waals surface area contributed by atoms with Crippen molar-refractivity contribution in [2.45, 2.75) is 45.2 Å². The fourth-order valence-electron chi connectivity index (χ4n) is 5.43. The molecule has 7 heteroatoms. The van der Waals surface area contributed by atoms with Crippen molar-refractivity contribution in [3.63, 3.8) is 0 Å². The molecule has 0 saturated carbocycles. The predicted molar refractivity (Wildman–Crippen MR) is 146 cm³/mol. The number of amides is 2. The number of anilines is 1. The Bertz CT molecular complexity index is 1440. The van der Waals surface area contributed by atoms with Crippen LogP contribution in [0.1, 0.15) is 51.7 Å². The molecule has 0 radical (unpaired) electrons. The molecule has 184 valence electrons. The molecule has 6 rings (SSSR count). The van der Waals surface area contributed by atoms with E-state index in [9.17, 15) is 4.79 Å². The summed E-state index contributed by atoms with van der Waals surface area (Å²) in [5.74, 6) is 0.790. The number of benzene rings is 2. The summed E-state index contributed by atoms with van der Waals surface area (Å²) in [6.45, 7) is 2.52. The third-order valence-corrected chi connectivity index (χ3v) is 8.88. The molecule has 1 aliphatic heterocycles. The Morgan fingerprint density at radius 1 is 1.08 bits per heavy atom. The number of carbonyl (C=O) groups excluding carboxylic acids is 1. The van der Waals surface area contributed by atoms with E-state index >= 15 is 0 Å². The van der Waals surface area contributed by atoms with E-state index in [0.29, 0.717) is 17.3 Å². The Morgan fingerprint density at radius 2 is 1.89 bits per heavy atom. The molecule has 0 saturated heterocycles. The number of urea groups is 1. The second-order valence-electron chi connectivity index (χ2n) is 9.51. The Labute approximate surface area is 220 Å². The third-order valence-electron chi connectivity index (χ3n) is 7.24. The fourth-order valence-corrected chi connectivity index (χ4v) is 7.12. The molecule has 2 amide bonds. The van der Waals surface area contributed by atoms with Crippen molar-refractivity contribution >= 4 is 34.7 Å². The van der Waals surface area contributed by atoms with Crippen molar-refractivity contribution in [3.05, 3.63) is 98.6 Å². The van der Waals surface area contributed by atoms with E-state index in [4.69, 9.17) is 16.3 Å². The van der Waals surface area contributed by atoms with Crippen LogP contribution in [0.2, 0.25) is 5.02 Å². The summed E-state index contributed by atoms with van der Waals surface area (Å²) in [6, 6.07) is 17.5. The van der Waals surface area contributed by atoms with Crippen LogP contribution in [0.5, 0.6) is 5.75 Å². The van der Waals surface area contributed by atoms with Gasteiger partial charge >= 0.3 is 6.03 Å². The summed E-state index contributed by atoms with van der Waals surface area (Å²) in [5.41, 5.74) is 6.48. The minimum atomic E-state index is -0.269. The number of ether oxygens (including phenoxy) is 1. The van der Waals surface area contributed by atoms with Crippen LogP contribution in [0.25, 0.3) is 5.00 Å². The maximum absolute atomic E-state index is 14.0. The van der Waals surface area contributed by atoms with Gasteiger partial charge < -0.3 is 19.5 Å². The first-order valence-corrected chi connectivity index (χ1v) is 13.5. The van der Waals surface area contributed by atoms with E-state index in [0.717, 1.165) is 35.4 Å². The molecular weight excluding hydrogens is 490 g/mol. The number of nitrogens with zero attached hydrogens (tertiary/aromatic N) is 2. The molecule has 2 aliphatic rings. The quantitative estimate of drug-likeness (QED) is 0.305. The summed E-state index contributed by atoms with van der Waals surface area (Å²) in [7, 11) is 1.66. The van der Waals surface area contributed by atoms with Gasteiger partial charge in [-0.05, 0) is 85.7 Å². The van der Waals surface area contributed by atoms with Gasteiger partial charge in [0.2, 0.25) is 0 Å². The van der Waals surface area contributed by atoms with Crippen LogP contribution in [0.15, 0.2) is 60.8 Å². The van der Waals surface area contributed by atoms with E-state index in [1.807, 2.05) is 53.5 Å². The summed E-state index contributed by atoms with van der Waals surface area (Å²) >= 11 is 8.39. The van der Waals surface area contributed by atoms with Crippen molar-refractivity contribution < 1.29 is 9.53 Å². The molecule has 1 aliphatic carbocycles. The number of methoxy groups -OCH3 is 1. The van der Waals surface area contributed by atoms with Crippen molar-refractivity contribution in [1.82, 2.24) is 9.47 Å². The van der Waals surface area contributed by atoms with E-state index in [1.165, 1.54) is 33.8 Å². The Hall–Kier alpha value is -3.22. The lowest BCUT2D eigenvalue weighted by Crippen LogP contribution is -2.38. The largest absolute Gasteiger partial charge is 0.497 e. The minimum Gasteiger partial charge on any atom is -0.497 e. The number of thiophene rings is 1. The minimum absolute atomic E-state index is 0.169. The smallest absolute Gasteiger partial charge is 0.323 e. The van der Waals surface area contributed by atoms with Gasteiger partial charge in [0.15, 0.2) is 0 Å². The van der Waals surface area contributed by atoms with Gasteiger partial charge in [-0.25, -0.2) is 4.79 Å². The predicted octanol–water partition coefficient (Wildman–Crippen LogP) is 7.53. The number of carbonyl (C=O) groups is 1. The Morgan fingerprint density at radius 3 is 2.67 bits per heavy atom. The molecule has 0 bridgehead atoms. The van der Waals surface area contributed by atoms with Crippen LogP contribution in [0.4, 0.5) is 10.5 Å². The number of halogens is 1. The summed E-state index contributed by atoms with van der Waals surface area (Å²) in [5, 5.41) is 4.89. The van der Waals surface area contributed by atoms with Crippen LogP contribution in [0.3, 0.4) is 0 Å². The van der Waals surface area contributed by atoms with Crippen LogP contribution < -0.4 is 10.1 Å². The lowest BCUT2D eigenvalue weighted by molar-refractivity contribution is 0.194. The lowest BCUT2D eigenvalue weighted by atomic mass is 9.95. The molecule has 2 aromatic heterocycles. The van der Waals surface area contributed by atoms with Crippen LogP contribution >= 0.6 is 22.9 Å². The average molecular weight is 518 g/mol. The van der Waals surface area contributed by atoms with Gasteiger partial charge in [0.1, 0.15) is 10.8 Å². The average Bonchev–Trinajstić information content (AvgIpc) is 3.48. The Kier molecular flexibility index (Phi) is 6.02. The highest BCUT2D eigenvalue weighted by atomic mass is 35.5. The standard InChI is InChI=1S/C29H28ClN3O2S/c1-18-9-14-24(23(30)16-18)31-29(34)33-17-22-21-6-3-4-8-26(21)36-28(22)32-15-5-7-25(32)27(33)19-10-12-20(35-2)13-11-19/h5,7,9-16,27H,3-4,6,8,17H2,1-2H3,(H,31,34). The molecule has 1 atom stereocenters. The zero-order valence-corrected chi connectivity index (χ0v) is 22.0. The highest BCUT2D eigenvalue weighted by molar-refractivity contribution is 7.15. The molecular formula is C29H28ClN3O2S. The molecule has 0 fully saturated rings. The molecule has 0 spiro atoms. The van der Waals surface area contributed by atoms with E-state index in [2.05, 4.69) is 40.3 Å². The number of fused-ring (bicyclic) bond motifs is 5. The summed E-state index contributed by atoms with van der Waals surface area (Å²) < 4.78 is 7.69. The number of hydrogen-bond donors (Lipinski definition) is 1. The zero-order chi connectivity index (χ0) is 24.8. The second-order valence-corrected chi connectivity index (χ2v) is 11.0. The molecule has 1 N–H and O–H groups in total. The number of aryl methyl sites for hydroxylation is 2. The lowest BCUT2D eigenvalue weighted by Gasteiger charge is -2.31. The zero-order valence-electron chi connectivity index (χ0n) is 20.4. The maximum Gasteiger partial charge on any atom is 0.323 e. The van der Waals surface area contributed by atoms with Gasteiger partial charge in [-0.3, -0.25) is 0 Å². The first-order chi connectivity index (χ1) is 17.5. The summed E-state index contributed by atoms with van der Waals surface area (Å²) in [4.78, 5) is 17.4. The summed E-state index contributed by atoms with van der Waals surface area (Å²) in [6.07, 6.45) is 6.75. The van der Waals surface area contributed by atoms with Gasteiger partial charge in [-0.2, -0.15) is 0 Å². The highest BCUT2D eigenvalue weighted by Gasteiger charge is 2.36. The van der Waals surface area contributed by atoms with E-state index < -0.39 is 0 Å². The number of nitrogens with one attached hydrogen (secondary N) is 1. The molecule has 3 heterocycles. The van der Waals surface area contributed by atoms with E-state index in [-0.39, 0.29) is 12.1 Å². The number of aromatic nitrogens is 1. The molecule has 1 unspecified atom stereocenters. The van der Waals surface area contributed by atoms with Gasteiger partial charge in [-0.15, -0.1) is 11.3 Å². The molecule has 5 nitrogen and oxygen atoms in total.